The van der Waals surface area contributed by atoms with Crippen molar-refractivity contribution in [1.29, 1.82) is 0 Å². The zero-order valence-corrected chi connectivity index (χ0v) is 11.3. The average Bonchev–Trinajstić information content (AvgIpc) is 2.81. The summed E-state index contributed by atoms with van der Waals surface area (Å²) < 4.78 is 4.85. The normalized spacial score (nSPS) is 13.6. The predicted octanol–water partition coefficient (Wildman–Crippen LogP) is -0.345. The number of aliphatic carboxylic acids is 1. The standard InChI is InChI=1S/C11H18N4O5/c1-6(7(2)16)13-11(19)12-5-9-14-8(15-20-9)3-4-10(17)18/h6-7,16H,3-5H2,1-2H3,(H,17,18)(H2,12,13,19). The SMILES string of the molecule is CC(O)C(C)NC(=O)NCc1nc(CCC(=O)O)no1. The van der Waals surface area contributed by atoms with Gasteiger partial charge < -0.3 is 25.4 Å². The van der Waals surface area contributed by atoms with E-state index in [-0.39, 0.29) is 37.1 Å². The largest absolute Gasteiger partial charge is 0.481 e. The minimum atomic E-state index is -0.944. The number of rotatable bonds is 7. The quantitative estimate of drug-likeness (QED) is 0.537. The fourth-order valence-corrected chi connectivity index (χ4v) is 1.22. The van der Waals surface area contributed by atoms with Crippen LogP contribution in [-0.2, 0) is 17.8 Å². The van der Waals surface area contributed by atoms with E-state index in [4.69, 9.17) is 9.63 Å². The number of aliphatic hydroxyl groups is 1. The molecule has 9 nitrogen and oxygen atoms in total. The zero-order chi connectivity index (χ0) is 15.1. The van der Waals surface area contributed by atoms with Gasteiger partial charge in [0.15, 0.2) is 5.82 Å². The maximum absolute atomic E-state index is 11.5. The van der Waals surface area contributed by atoms with Crippen LogP contribution in [0.2, 0.25) is 0 Å². The van der Waals surface area contributed by atoms with E-state index in [9.17, 15) is 14.7 Å². The highest BCUT2D eigenvalue weighted by atomic mass is 16.5. The predicted molar refractivity (Wildman–Crippen MR) is 66.8 cm³/mol. The van der Waals surface area contributed by atoms with Gasteiger partial charge in [-0.05, 0) is 13.8 Å². The number of carbonyl (C=O) groups is 2. The van der Waals surface area contributed by atoms with Crippen LogP contribution in [0.5, 0.6) is 0 Å². The zero-order valence-electron chi connectivity index (χ0n) is 11.3. The lowest BCUT2D eigenvalue weighted by Crippen LogP contribution is -2.45. The number of carboxylic acids is 1. The molecule has 0 bridgehead atoms. The van der Waals surface area contributed by atoms with Gasteiger partial charge in [0.25, 0.3) is 0 Å². The van der Waals surface area contributed by atoms with Gasteiger partial charge in [-0.2, -0.15) is 4.98 Å². The second kappa shape index (κ2) is 7.43. The third-order valence-corrected chi connectivity index (χ3v) is 2.56. The smallest absolute Gasteiger partial charge is 0.315 e. The second-order valence-electron chi connectivity index (χ2n) is 4.35. The summed E-state index contributed by atoms with van der Waals surface area (Å²) >= 11 is 0. The van der Waals surface area contributed by atoms with Gasteiger partial charge in [0.05, 0.1) is 25.1 Å². The van der Waals surface area contributed by atoms with Crippen molar-refractivity contribution in [3.05, 3.63) is 11.7 Å². The number of amides is 2. The molecule has 0 radical (unpaired) electrons. The van der Waals surface area contributed by atoms with E-state index in [1.807, 2.05) is 0 Å². The number of carboxylic acid groups (broad SMARTS) is 1. The molecule has 0 aliphatic rings. The Labute approximate surface area is 115 Å². The molecule has 1 rings (SSSR count). The molecule has 1 heterocycles. The van der Waals surface area contributed by atoms with E-state index in [2.05, 4.69) is 20.8 Å². The Balaban J connectivity index is 2.34. The monoisotopic (exact) mass is 286 g/mol. The first-order valence-corrected chi connectivity index (χ1v) is 6.14. The number of nitrogens with one attached hydrogen (secondary N) is 2. The van der Waals surface area contributed by atoms with E-state index in [1.165, 1.54) is 0 Å². The molecule has 0 aromatic carbocycles. The topological polar surface area (TPSA) is 138 Å². The Bertz CT molecular complexity index is 459. The molecule has 2 unspecified atom stereocenters. The van der Waals surface area contributed by atoms with Gasteiger partial charge >= 0.3 is 12.0 Å². The molecule has 20 heavy (non-hydrogen) atoms. The van der Waals surface area contributed by atoms with Crippen LogP contribution in [0.1, 0.15) is 32.0 Å². The highest BCUT2D eigenvalue weighted by Gasteiger charge is 2.13. The fraction of sp³-hybridized carbons (Fsp3) is 0.636. The highest BCUT2D eigenvalue weighted by Crippen LogP contribution is 2.00. The van der Waals surface area contributed by atoms with Crippen LogP contribution in [-0.4, -0.2) is 44.5 Å². The number of hydrogen-bond donors (Lipinski definition) is 4. The molecule has 2 amide bonds. The van der Waals surface area contributed by atoms with Crippen molar-refractivity contribution in [2.75, 3.05) is 0 Å². The third-order valence-electron chi connectivity index (χ3n) is 2.56. The molecule has 0 fully saturated rings. The van der Waals surface area contributed by atoms with Gasteiger partial charge in [-0.1, -0.05) is 5.16 Å². The van der Waals surface area contributed by atoms with Crippen LogP contribution in [0.4, 0.5) is 4.79 Å². The summed E-state index contributed by atoms with van der Waals surface area (Å²) in [6, 6.07) is -0.854. The fourth-order valence-electron chi connectivity index (χ4n) is 1.22. The maximum Gasteiger partial charge on any atom is 0.315 e. The molecule has 9 heteroatoms. The van der Waals surface area contributed by atoms with E-state index in [0.29, 0.717) is 0 Å². The van der Waals surface area contributed by atoms with Crippen LogP contribution in [0, 0.1) is 0 Å². The Morgan fingerprint density at radius 1 is 1.40 bits per heavy atom. The van der Waals surface area contributed by atoms with Crippen molar-refractivity contribution < 1.29 is 24.3 Å². The van der Waals surface area contributed by atoms with Gasteiger partial charge in [-0.3, -0.25) is 4.79 Å². The molecule has 0 aliphatic carbocycles. The van der Waals surface area contributed by atoms with Crippen LogP contribution >= 0.6 is 0 Å². The molecule has 0 aliphatic heterocycles. The number of carbonyl (C=O) groups excluding carboxylic acids is 1. The minimum Gasteiger partial charge on any atom is -0.481 e. The molecule has 1 aromatic rings. The van der Waals surface area contributed by atoms with Crippen molar-refractivity contribution >= 4 is 12.0 Å². The Morgan fingerprint density at radius 3 is 2.70 bits per heavy atom. The average molecular weight is 286 g/mol. The summed E-state index contributed by atoms with van der Waals surface area (Å²) in [6.45, 7) is 3.26. The number of aliphatic hydroxyl groups excluding tert-OH is 1. The molecule has 112 valence electrons. The van der Waals surface area contributed by atoms with Crippen LogP contribution < -0.4 is 10.6 Å². The van der Waals surface area contributed by atoms with Crippen molar-refractivity contribution in [2.24, 2.45) is 0 Å². The van der Waals surface area contributed by atoms with Crippen LogP contribution in [0.25, 0.3) is 0 Å². The van der Waals surface area contributed by atoms with Crippen LogP contribution in [0.15, 0.2) is 4.52 Å². The molecular formula is C11H18N4O5. The van der Waals surface area contributed by atoms with E-state index in [1.54, 1.807) is 13.8 Å². The molecule has 2 atom stereocenters. The van der Waals surface area contributed by atoms with Crippen molar-refractivity contribution in [3.8, 4) is 0 Å². The number of hydrogen-bond acceptors (Lipinski definition) is 6. The number of nitrogens with zero attached hydrogens (tertiary/aromatic N) is 2. The maximum atomic E-state index is 11.5. The first-order valence-electron chi connectivity index (χ1n) is 6.14. The summed E-state index contributed by atoms with van der Waals surface area (Å²) in [7, 11) is 0. The number of urea groups is 1. The van der Waals surface area contributed by atoms with Gasteiger partial charge in [0, 0.05) is 6.42 Å². The molecule has 1 aromatic heterocycles. The molecule has 0 spiro atoms. The first kappa shape index (κ1) is 15.9. The lowest BCUT2D eigenvalue weighted by molar-refractivity contribution is -0.137. The second-order valence-corrected chi connectivity index (χ2v) is 4.35. The molecular weight excluding hydrogens is 268 g/mol. The van der Waals surface area contributed by atoms with Crippen molar-refractivity contribution in [1.82, 2.24) is 20.8 Å². The van der Waals surface area contributed by atoms with Gasteiger partial charge in [-0.25, -0.2) is 4.79 Å². The number of aromatic nitrogens is 2. The summed E-state index contributed by atoms with van der Waals surface area (Å²) in [6.07, 6.45) is -0.574. The van der Waals surface area contributed by atoms with Crippen LogP contribution in [0.3, 0.4) is 0 Å². The van der Waals surface area contributed by atoms with Crippen molar-refractivity contribution in [2.45, 2.75) is 45.4 Å². The first-order chi connectivity index (χ1) is 9.38. The van der Waals surface area contributed by atoms with Crippen molar-refractivity contribution in [3.63, 3.8) is 0 Å². The lowest BCUT2D eigenvalue weighted by Gasteiger charge is -2.16. The van der Waals surface area contributed by atoms with E-state index in [0.717, 1.165) is 0 Å². The summed E-state index contributed by atoms with van der Waals surface area (Å²) in [5, 5.41) is 26.4. The Morgan fingerprint density at radius 2 is 2.10 bits per heavy atom. The molecule has 0 saturated heterocycles. The van der Waals surface area contributed by atoms with E-state index < -0.39 is 18.1 Å². The third kappa shape index (κ3) is 5.65. The molecule has 0 saturated carbocycles. The van der Waals surface area contributed by atoms with E-state index >= 15 is 0 Å². The van der Waals surface area contributed by atoms with Gasteiger partial charge in [0.2, 0.25) is 5.89 Å². The molecule has 4 N–H and O–H groups in total. The Kier molecular flexibility index (Phi) is 5.91. The lowest BCUT2D eigenvalue weighted by atomic mass is 10.2. The van der Waals surface area contributed by atoms with Gasteiger partial charge in [0.1, 0.15) is 0 Å². The minimum absolute atomic E-state index is 0.0262. The summed E-state index contributed by atoms with van der Waals surface area (Å²) in [5.41, 5.74) is 0. The highest BCUT2D eigenvalue weighted by molar-refractivity contribution is 5.74. The summed E-state index contributed by atoms with van der Waals surface area (Å²) in [5.74, 6) is -0.479. The summed E-state index contributed by atoms with van der Waals surface area (Å²) in [4.78, 5) is 25.8. The van der Waals surface area contributed by atoms with Gasteiger partial charge in [-0.15, -0.1) is 0 Å². The Hall–Kier alpha value is -2.16. The number of aryl methyl sites for hydroxylation is 1.